The minimum atomic E-state index is -3.69. The smallest absolute Gasteiger partial charge is 0.270 e. The zero-order valence-corrected chi connectivity index (χ0v) is 20.2. The molecule has 11 heteroatoms. The molecule has 1 heterocycles. The van der Waals surface area contributed by atoms with E-state index in [-0.39, 0.29) is 10.5 Å². The molecule has 9 nitrogen and oxygen atoms in total. The fourth-order valence-electron chi connectivity index (χ4n) is 2.90. The average Bonchev–Trinajstić information content (AvgIpc) is 3.13. The van der Waals surface area contributed by atoms with Crippen molar-refractivity contribution in [1.29, 1.82) is 0 Å². The molecule has 174 valence electrons. The molecule has 33 heavy (non-hydrogen) atoms. The molecule has 0 aliphatic rings. The number of sulfonamides is 1. The van der Waals surface area contributed by atoms with Gasteiger partial charge >= 0.3 is 0 Å². The van der Waals surface area contributed by atoms with Crippen LogP contribution in [0.2, 0.25) is 0 Å². The predicted molar refractivity (Wildman–Crippen MR) is 124 cm³/mol. The van der Waals surface area contributed by atoms with E-state index in [0.29, 0.717) is 11.3 Å². The van der Waals surface area contributed by atoms with Gasteiger partial charge in [-0.1, -0.05) is 23.4 Å². The normalized spacial score (nSPS) is 11.4. The summed E-state index contributed by atoms with van der Waals surface area (Å²) in [6.45, 7) is 3.70. The molecule has 1 aromatic heterocycles. The highest BCUT2D eigenvalue weighted by Crippen LogP contribution is 2.28. The maximum absolute atomic E-state index is 12.7. The summed E-state index contributed by atoms with van der Waals surface area (Å²) in [5.41, 5.74) is 6.98. The zero-order valence-electron chi connectivity index (χ0n) is 18.6. The Morgan fingerprint density at radius 3 is 2.39 bits per heavy atom. The summed E-state index contributed by atoms with van der Waals surface area (Å²) in [5.74, 6) is 0.167. The van der Waals surface area contributed by atoms with Gasteiger partial charge in [0.05, 0.1) is 16.2 Å². The van der Waals surface area contributed by atoms with Gasteiger partial charge in [0.1, 0.15) is 5.76 Å². The molecule has 3 aromatic rings. The van der Waals surface area contributed by atoms with E-state index in [2.05, 4.69) is 16.0 Å². The molecule has 0 spiro atoms. The summed E-state index contributed by atoms with van der Waals surface area (Å²) < 4.78 is 30.8. The average molecular weight is 489 g/mol. The lowest BCUT2D eigenvalue weighted by atomic mass is 10.2. The summed E-state index contributed by atoms with van der Waals surface area (Å²) in [7, 11) is -0.880. The van der Waals surface area contributed by atoms with Crippen LogP contribution in [0, 0.1) is 13.8 Å². The topological polar surface area (TPSA) is 122 Å². The third-order valence-electron chi connectivity index (χ3n) is 4.85. The number of nitrogens with zero attached hydrogens (tertiary/aromatic N) is 2. The highest BCUT2D eigenvalue weighted by atomic mass is 32.2. The Balaban J connectivity index is 1.69. The van der Waals surface area contributed by atoms with Gasteiger partial charge in [0.15, 0.2) is 0 Å². The first kappa shape index (κ1) is 24.5. The van der Waals surface area contributed by atoms with Crippen molar-refractivity contribution >= 4 is 33.6 Å². The number of aromatic nitrogens is 1. The van der Waals surface area contributed by atoms with E-state index in [1.165, 1.54) is 50.1 Å². The quantitative estimate of drug-likeness (QED) is 0.387. The number of carbonyl (C=O) groups is 2. The highest BCUT2D eigenvalue weighted by Gasteiger charge is 2.19. The van der Waals surface area contributed by atoms with Crippen LogP contribution in [0.1, 0.15) is 37.7 Å². The molecular formula is C22H24N4O5S2. The second-order valence-corrected chi connectivity index (χ2v) is 10.5. The van der Waals surface area contributed by atoms with Gasteiger partial charge in [-0.3, -0.25) is 20.4 Å². The van der Waals surface area contributed by atoms with Gasteiger partial charge in [-0.25, -0.2) is 12.7 Å². The Labute approximate surface area is 196 Å². The molecule has 2 N–H and O–H groups in total. The van der Waals surface area contributed by atoms with Gasteiger partial charge in [-0.05, 0) is 44.2 Å². The zero-order chi connectivity index (χ0) is 24.2. The molecule has 0 saturated carbocycles. The predicted octanol–water partition coefficient (Wildman–Crippen LogP) is 2.91. The molecular weight excluding hydrogens is 464 g/mol. The number of aryl methyl sites for hydroxylation is 2. The van der Waals surface area contributed by atoms with Crippen LogP contribution in [-0.4, -0.2) is 43.8 Å². The maximum Gasteiger partial charge on any atom is 0.270 e. The number of carbonyl (C=O) groups excluding carboxylic acids is 2. The Kier molecular flexibility index (Phi) is 7.57. The molecule has 0 fully saturated rings. The number of thioether (sulfide) groups is 1. The van der Waals surface area contributed by atoms with E-state index in [0.717, 1.165) is 26.2 Å². The van der Waals surface area contributed by atoms with Crippen LogP contribution in [0.15, 0.2) is 62.8 Å². The fourth-order valence-corrected chi connectivity index (χ4v) is 5.05. The Bertz CT molecular complexity index is 1270. The van der Waals surface area contributed by atoms with Crippen LogP contribution < -0.4 is 10.9 Å². The number of benzene rings is 2. The lowest BCUT2D eigenvalue weighted by Crippen LogP contribution is -2.41. The molecule has 0 unspecified atom stereocenters. The van der Waals surface area contributed by atoms with Crippen molar-refractivity contribution in [2.75, 3.05) is 14.1 Å². The van der Waals surface area contributed by atoms with Crippen molar-refractivity contribution in [2.45, 2.75) is 29.4 Å². The molecule has 0 radical (unpaired) electrons. The molecule has 2 amide bonds. The number of hydrogen-bond donors (Lipinski definition) is 2. The highest BCUT2D eigenvalue weighted by molar-refractivity contribution is 7.98. The lowest BCUT2D eigenvalue weighted by molar-refractivity contribution is 0.0845. The molecule has 0 aliphatic carbocycles. The van der Waals surface area contributed by atoms with Gasteiger partial charge in [0.2, 0.25) is 10.0 Å². The van der Waals surface area contributed by atoms with Crippen LogP contribution in [0.25, 0.3) is 0 Å². The largest absolute Gasteiger partial charge is 0.361 e. The SMILES string of the molecule is Cc1noc(C)c1CSc1ccccc1C(=O)NNC(=O)c1cccc(S(=O)(=O)N(C)C)c1. The third-order valence-corrected chi connectivity index (χ3v) is 7.76. The van der Waals surface area contributed by atoms with E-state index in [9.17, 15) is 18.0 Å². The Hall–Kier alpha value is -3.15. The van der Waals surface area contributed by atoms with Crippen LogP contribution in [-0.2, 0) is 15.8 Å². The molecule has 0 bridgehead atoms. The van der Waals surface area contributed by atoms with E-state index < -0.39 is 21.8 Å². The van der Waals surface area contributed by atoms with Crippen LogP contribution >= 0.6 is 11.8 Å². The van der Waals surface area contributed by atoms with Crippen molar-refractivity contribution in [2.24, 2.45) is 0 Å². The van der Waals surface area contributed by atoms with E-state index >= 15 is 0 Å². The molecule has 0 saturated heterocycles. The number of hydrogen-bond acceptors (Lipinski definition) is 7. The molecule has 0 aliphatic heterocycles. The van der Waals surface area contributed by atoms with E-state index in [4.69, 9.17) is 4.52 Å². The van der Waals surface area contributed by atoms with Gasteiger partial charge in [0.25, 0.3) is 11.8 Å². The molecule has 0 atom stereocenters. The first-order chi connectivity index (χ1) is 15.6. The van der Waals surface area contributed by atoms with Gasteiger partial charge in [-0.2, -0.15) is 0 Å². The summed E-state index contributed by atoms with van der Waals surface area (Å²) in [6.07, 6.45) is 0. The minimum Gasteiger partial charge on any atom is -0.361 e. The van der Waals surface area contributed by atoms with Crippen LogP contribution in [0.4, 0.5) is 0 Å². The molecule has 3 rings (SSSR count). The summed E-state index contributed by atoms with van der Waals surface area (Å²) in [4.78, 5) is 26.0. The standard InChI is InChI=1S/C22H24N4O5S2/c1-14-19(15(2)31-25-14)13-32-20-11-6-5-10-18(20)22(28)24-23-21(27)16-8-7-9-17(12-16)33(29,30)26(3)4/h5-12H,13H2,1-4H3,(H,23,27)(H,24,28). The van der Waals surface area contributed by atoms with Crippen LogP contribution in [0.3, 0.4) is 0 Å². The number of hydrazine groups is 1. The molecule has 2 aromatic carbocycles. The van der Waals surface area contributed by atoms with Gasteiger partial charge < -0.3 is 4.52 Å². The number of amides is 2. The summed E-state index contributed by atoms with van der Waals surface area (Å²) in [6, 6.07) is 12.6. The Morgan fingerprint density at radius 1 is 1.03 bits per heavy atom. The number of nitrogens with one attached hydrogen (secondary N) is 2. The van der Waals surface area contributed by atoms with E-state index in [1.54, 1.807) is 12.1 Å². The second kappa shape index (κ2) is 10.2. The van der Waals surface area contributed by atoms with Gasteiger partial charge in [0, 0.05) is 35.9 Å². The van der Waals surface area contributed by atoms with Crippen molar-refractivity contribution in [3.63, 3.8) is 0 Å². The Morgan fingerprint density at radius 2 is 1.73 bits per heavy atom. The minimum absolute atomic E-state index is 0.0208. The monoisotopic (exact) mass is 488 g/mol. The first-order valence-corrected chi connectivity index (χ1v) is 12.3. The van der Waals surface area contributed by atoms with Gasteiger partial charge in [-0.15, -0.1) is 11.8 Å². The fraction of sp³-hybridized carbons (Fsp3) is 0.227. The number of rotatable bonds is 7. The summed E-state index contributed by atoms with van der Waals surface area (Å²) >= 11 is 1.45. The third kappa shape index (κ3) is 5.62. The van der Waals surface area contributed by atoms with Crippen molar-refractivity contribution in [3.05, 3.63) is 76.7 Å². The second-order valence-electron chi connectivity index (χ2n) is 7.31. The van der Waals surface area contributed by atoms with Crippen molar-refractivity contribution < 1.29 is 22.5 Å². The lowest BCUT2D eigenvalue weighted by Gasteiger charge is -2.13. The van der Waals surface area contributed by atoms with Crippen molar-refractivity contribution in [1.82, 2.24) is 20.3 Å². The van der Waals surface area contributed by atoms with Crippen molar-refractivity contribution in [3.8, 4) is 0 Å². The maximum atomic E-state index is 12.7. The first-order valence-electron chi connectivity index (χ1n) is 9.88. The summed E-state index contributed by atoms with van der Waals surface area (Å²) in [5, 5.41) is 3.94. The van der Waals surface area contributed by atoms with Crippen LogP contribution in [0.5, 0.6) is 0 Å². The van der Waals surface area contributed by atoms with E-state index in [1.807, 2.05) is 26.0 Å².